The van der Waals surface area contributed by atoms with Gasteiger partial charge in [-0.1, -0.05) is 43.0 Å². The molecule has 0 bridgehead atoms. The van der Waals surface area contributed by atoms with Crippen LogP contribution in [0.25, 0.3) is 11.1 Å². The third-order valence-electron chi connectivity index (χ3n) is 2.73. The summed E-state index contributed by atoms with van der Waals surface area (Å²) in [5, 5.41) is 0. The van der Waals surface area contributed by atoms with Gasteiger partial charge in [0.25, 0.3) is 0 Å². The topological polar surface area (TPSA) is 35.5 Å². The van der Waals surface area contributed by atoms with Crippen molar-refractivity contribution in [1.29, 1.82) is 0 Å². The lowest BCUT2D eigenvalue weighted by molar-refractivity contribution is -0.128. The van der Waals surface area contributed by atoms with Crippen molar-refractivity contribution in [2.24, 2.45) is 0 Å². The Morgan fingerprint density at radius 2 is 1.80 bits per heavy atom. The fraction of sp³-hybridized carbons (Fsp3) is 0.118. The van der Waals surface area contributed by atoms with E-state index in [0.29, 0.717) is 18.1 Å². The van der Waals surface area contributed by atoms with E-state index in [1.54, 1.807) is 12.1 Å². The molecule has 2 rings (SSSR count). The highest BCUT2D eigenvalue weighted by Crippen LogP contribution is 2.38. The van der Waals surface area contributed by atoms with Crippen LogP contribution in [0.3, 0.4) is 0 Å². The maximum atomic E-state index is 11.5. The van der Waals surface area contributed by atoms with Gasteiger partial charge in [-0.2, -0.15) is 0 Å². The van der Waals surface area contributed by atoms with Crippen molar-refractivity contribution in [2.45, 2.75) is 6.92 Å². The Hall–Kier alpha value is -2.55. The molecule has 0 aliphatic carbocycles. The van der Waals surface area contributed by atoms with Crippen LogP contribution in [-0.2, 0) is 4.79 Å². The third kappa shape index (κ3) is 3.06. The molecule has 0 saturated heterocycles. The summed E-state index contributed by atoms with van der Waals surface area (Å²) in [5.41, 5.74) is 1.70. The molecule has 0 unspecified atom stereocenters. The highest BCUT2D eigenvalue weighted by atomic mass is 16.5. The van der Waals surface area contributed by atoms with Gasteiger partial charge in [0.1, 0.15) is 11.5 Å². The predicted octanol–water partition coefficient (Wildman–Crippen LogP) is 3.84. The maximum Gasteiger partial charge on any atom is 0.335 e. The first-order valence-corrected chi connectivity index (χ1v) is 6.41. The molecule has 3 nitrogen and oxygen atoms in total. The Morgan fingerprint density at radius 3 is 2.45 bits per heavy atom. The number of benzene rings is 2. The summed E-state index contributed by atoms with van der Waals surface area (Å²) in [6.07, 6.45) is 1.14. The van der Waals surface area contributed by atoms with Crippen molar-refractivity contribution in [3.8, 4) is 22.6 Å². The van der Waals surface area contributed by atoms with Crippen LogP contribution in [0, 0.1) is 0 Å². The van der Waals surface area contributed by atoms with Crippen LogP contribution in [0.2, 0.25) is 0 Å². The molecule has 20 heavy (non-hydrogen) atoms. The molecule has 0 aromatic heterocycles. The van der Waals surface area contributed by atoms with Gasteiger partial charge in [0.15, 0.2) is 0 Å². The van der Waals surface area contributed by atoms with Crippen LogP contribution < -0.4 is 9.47 Å². The van der Waals surface area contributed by atoms with Crippen LogP contribution in [0.5, 0.6) is 11.5 Å². The van der Waals surface area contributed by atoms with Gasteiger partial charge in [0.05, 0.1) is 12.2 Å². The van der Waals surface area contributed by atoms with Crippen molar-refractivity contribution in [2.75, 3.05) is 6.61 Å². The molecular weight excluding hydrogens is 252 g/mol. The zero-order valence-corrected chi connectivity index (χ0v) is 11.3. The van der Waals surface area contributed by atoms with Gasteiger partial charge in [0.2, 0.25) is 0 Å². The number of hydrogen-bond acceptors (Lipinski definition) is 3. The third-order valence-corrected chi connectivity index (χ3v) is 2.73. The van der Waals surface area contributed by atoms with E-state index in [-0.39, 0.29) is 0 Å². The molecule has 0 radical (unpaired) electrons. The second kappa shape index (κ2) is 6.57. The highest BCUT2D eigenvalue weighted by molar-refractivity contribution is 5.86. The standard InChI is InChI=1S/C17H16O3/c1-3-16(18)20-15-12-8-11-14(19-4-2)17(15)13-9-6-5-7-10-13/h3,5-12H,1,4H2,2H3. The lowest BCUT2D eigenvalue weighted by atomic mass is 10.0. The quantitative estimate of drug-likeness (QED) is 0.469. The van der Waals surface area contributed by atoms with Gasteiger partial charge in [-0.3, -0.25) is 0 Å². The van der Waals surface area contributed by atoms with E-state index in [4.69, 9.17) is 9.47 Å². The minimum absolute atomic E-state index is 0.465. The van der Waals surface area contributed by atoms with E-state index in [0.717, 1.165) is 17.2 Å². The number of ether oxygens (including phenoxy) is 2. The van der Waals surface area contributed by atoms with Crippen molar-refractivity contribution in [3.63, 3.8) is 0 Å². The number of rotatable bonds is 5. The number of carbonyl (C=O) groups is 1. The number of esters is 1. The first-order valence-electron chi connectivity index (χ1n) is 6.41. The van der Waals surface area contributed by atoms with Gasteiger partial charge in [-0.05, 0) is 24.6 Å². The lowest BCUT2D eigenvalue weighted by Crippen LogP contribution is -2.05. The summed E-state index contributed by atoms with van der Waals surface area (Å²) >= 11 is 0. The van der Waals surface area contributed by atoms with Crippen LogP contribution >= 0.6 is 0 Å². The van der Waals surface area contributed by atoms with E-state index in [1.807, 2.05) is 43.3 Å². The fourth-order valence-electron chi connectivity index (χ4n) is 1.91. The highest BCUT2D eigenvalue weighted by Gasteiger charge is 2.14. The average molecular weight is 268 g/mol. The maximum absolute atomic E-state index is 11.5. The van der Waals surface area contributed by atoms with Crippen LogP contribution in [0.15, 0.2) is 61.2 Å². The Bertz CT molecular complexity index is 603. The molecule has 0 N–H and O–H groups in total. The SMILES string of the molecule is C=CC(=O)Oc1cccc(OCC)c1-c1ccccc1. The normalized spacial score (nSPS) is 9.85. The molecule has 0 aliphatic heterocycles. The first-order chi connectivity index (χ1) is 9.76. The van der Waals surface area contributed by atoms with Crippen molar-refractivity contribution < 1.29 is 14.3 Å². The zero-order valence-electron chi connectivity index (χ0n) is 11.3. The molecule has 0 fully saturated rings. The Labute approximate surface area is 118 Å². The predicted molar refractivity (Wildman–Crippen MR) is 78.9 cm³/mol. The number of carbonyl (C=O) groups excluding carboxylic acids is 1. The lowest BCUT2D eigenvalue weighted by Gasteiger charge is -2.14. The molecule has 0 atom stereocenters. The molecule has 0 aliphatic rings. The Kier molecular flexibility index (Phi) is 4.56. The van der Waals surface area contributed by atoms with Crippen molar-refractivity contribution in [3.05, 3.63) is 61.2 Å². The van der Waals surface area contributed by atoms with E-state index in [9.17, 15) is 4.79 Å². The molecule has 102 valence electrons. The van der Waals surface area contributed by atoms with Gasteiger partial charge in [-0.15, -0.1) is 0 Å². The second-order valence-corrected chi connectivity index (χ2v) is 4.05. The van der Waals surface area contributed by atoms with E-state index < -0.39 is 5.97 Å². The zero-order chi connectivity index (χ0) is 14.4. The summed E-state index contributed by atoms with van der Waals surface area (Å²) in [7, 11) is 0. The van der Waals surface area contributed by atoms with Gasteiger partial charge in [0, 0.05) is 6.08 Å². The second-order valence-electron chi connectivity index (χ2n) is 4.05. The summed E-state index contributed by atoms with van der Waals surface area (Å²) in [4.78, 5) is 11.5. The van der Waals surface area contributed by atoms with Crippen LogP contribution in [-0.4, -0.2) is 12.6 Å². The van der Waals surface area contributed by atoms with Crippen LogP contribution in [0.1, 0.15) is 6.92 Å². The average Bonchev–Trinajstić information content (AvgIpc) is 2.48. The van der Waals surface area contributed by atoms with Crippen molar-refractivity contribution in [1.82, 2.24) is 0 Å². The largest absolute Gasteiger partial charge is 0.493 e. The molecule has 2 aromatic rings. The molecule has 0 heterocycles. The fourth-order valence-corrected chi connectivity index (χ4v) is 1.91. The molecule has 0 amide bonds. The first kappa shape index (κ1) is 13.9. The summed E-state index contributed by atoms with van der Waals surface area (Å²) in [5.74, 6) is 0.663. The van der Waals surface area contributed by atoms with Gasteiger partial charge in [-0.25, -0.2) is 4.79 Å². The monoisotopic (exact) mass is 268 g/mol. The summed E-state index contributed by atoms with van der Waals surface area (Å²) in [6, 6.07) is 15.1. The smallest absolute Gasteiger partial charge is 0.335 e. The van der Waals surface area contributed by atoms with E-state index >= 15 is 0 Å². The molecule has 0 saturated carbocycles. The van der Waals surface area contributed by atoms with E-state index in [1.165, 1.54) is 0 Å². The Balaban J connectivity index is 2.54. The summed E-state index contributed by atoms with van der Waals surface area (Å²) in [6.45, 7) is 5.87. The minimum Gasteiger partial charge on any atom is -0.493 e. The number of hydrogen-bond donors (Lipinski definition) is 0. The summed E-state index contributed by atoms with van der Waals surface area (Å²) < 4.78 is 10.9. The minimum atomic E-state index is -0.490. The molecule has 2 aromatic carbocycles. The van der Waals surface area contributed by atoms with Crippen molar-refractivity contribution >= 4 is 5.97 Å². The van der Waals surface area contributed by atoms with E-state index in [2.05, 4.69) is 6.58 Å². The molecule has 0 spiro atoms. The Morgan fingerprint density at radius 1 is 1.10 bits per heavy atom. The van der Waals surface area contributed by atoms with Crippen LogP contribution in [0.4, 0.5) is 0 Å². The van der Waals surface area contributed by atoms with Gasteiger partial charge >= 0.3 is 5.97 Å². The van der Waals surface area contributed by atoms with Gasteiger partial charge < -0.3 is 9.47 Å². The molecule has 3 heteroatoms. The molecular formula is C17H16O3.